The summed E-state index contributed by atoms with van der Waals surface area (Å²) in [6.07, 6.45) is 3.49. The summed E-state index contributed by atoms with van der Waals surface area (Å²) < 4.78 is 6.83. The Labute approximate surface area is 135 Å². The molecule has 0 radical (unpaired) electrons. The fraction of sp³-hybridized carbons (Fsp3) is 0.625. The number of halogens is 1. The summed E-state index contributed by atoms with van der Waals surface area (Å²) in [7, 11) is 0. The van der Waals surface area contributed by atoms with Crippen molar-refractivity contribution in [2.24, 2.45) is 5.92 Å². The molecular weight excluding hydrogens is 330 g/mol. The van der Waals surface area contributed by atoms with Gasteiger partial charge in [0.1, 0.15) is 0 Å². The van der Waals surface area contributed by atoms with E-state index >= 15 is 0 Å². The summed E-state index contributed by atoms with van der Waals surface area (Å²) >= 11 is 3.49. The number of benzene rings is 1. The molecule has 0 aromatic heterocycles. The number of nitrogen functional groups attached to an aromatic ring is 1. The number of hydrogen-bond donors (Lipinski definition) is 3. The van der Waals surface area contributed by atoms with Crippen LogP contribution in [-0.4, -0.2) is 32.8 Å². The molecular formula is C16H26BrN3O. The van der Waals surface area contributed by atoms with Crippen LogP contribution in [-0.2, 0) is 4.74 Å². The maximum atomic E-state index is 6.09. The van der Waals surface area contributed by atoms with Gasteiger partial charge in [-0.15, -0.1) is 0 Å². The first-order chi connectivity index (χ1) is 10.2. The highest BCUT2D eigenvalue weighted by Gasteiger charge is 2.12. The first-order valence-electron chi connectivity index (χ1n) is 7.75. The second-order valence-corrected chi connectivity index (χ2v) is 6.54. The van der Waals surface area contributed by atoms with Crippen LogP contribution in [0, 0.1) is 12.8 Å². The van der Waals surface area contributed by atoms with Crippen molar-refractivity contribution in [3.05, 3.63) is 22.2 Å². The maximum Gasteiger partial charge on any atom is 0.0590 e. The molecule has 1 aromatic carbocycles. The van der Waals surface area contributed by atoms with Gasteiger partial charge in [-0.05, 0) is 62.9 Å². The summed E-state index contributed by atoms with van der Waals surface area (Å²) in [5.74, 6) is 0.740. The number of piperidine rings is 1. The Morgan fingerprint density at radius 3 is 2.90 bits per heavy atom. The van der Waals surface area contributed by atoms with Crippen molar-refractivity contribution in [2.45, 2.75) is 26.2 Å². The van der Waals surface area contributed by atoms with E-state index in [4.69, 9.17) is 10.5 Å². The van der Waals surface area contributed by atoms with E-state index in [2.05, 4.69) is 26.6 Å². The number of nitrogens with one attached hydrogen (secondary N) is 2. The van der Waals surface area contributed by atoms with Crippen LogP contribution < -0.4 is 16.4 Å². The highest BCUT2D eigenvalue weighted by molar-refractivity contribution is 9.10. The Bertz CT molecular complexity index is 447. The predicted octanol–water partition coefficient (Wildman–Crippen LogP) is 3.16. The Balaban J connectivity index is 1.60. The van der Waals surface area contributed by atoms with Crippen LogP contribution in [0.1, 0.15) is 24.8 Å². The molecule has 4 nitrogen and oxygen atoms in total. The zero-order valence-corrected chi connectivity index (χ0v) is 14.3. The van der Waals surface area contributed by atoms with E-state index in [1.807, 2.05) is 19.1 Å². The van der Waals surface area contributed by atoms with Crippen molar-refractivity contribution in [3.8, 4) is 0 Å². The zero-order chi connectivity index (χ0) is 15.1. The van der Waals surface area contributed by atoms with Gasteiger partial charge in [-0.2, -0.15) is 0 Å². The van der Waals surface area contributed by atoms with Crippen LogP contribution in [0.25, 0.3) is 0 Å². The molecule has 21 heavy (non-hydrogen) atoms. The minimum Gasteiger partial charge on any atom is -0.397 e. The molecule has 1 aliphatic heterocycles. The van der Waals surface area contributed by atoms with Crippen molar-refractivity contribution < 1.29 is 4.74 Å². The summed E-state index contributed by atoms with van der Waals surface area (Å²) in [6, 6.07) is 4.05. The SMILES string of the molecule is Cc1c(Br)ccc(NCCCOCC2CCNCC2)c1N. The van der Waals surface area contributed by atoms with E-state index in [-0.39, 0.29) is 0 Å². The van der Waals surface area contributed by atoms with Gasteiger partial charge in [-0.25, -0.2) is 0 Å². The number of nitrogens with two attached hydrogens (primary N) is 1. The minimum absolute atomic E-state index is 0.740. The quantitative estimate of drug-likeness (QED) is 0.519. The predicted molar refractivity (Wildman–Crippen MR) is 92.8 cm³/mol. The highest BCUT2D eigenvalue weighted by Crippen LogP contribution is 2.28. The van der Waals surface area contributed by atoms with Gasteiger partial charge in [0.15, 0.2) is 0 Å². The highest BCUT2D eigenvalue weighted by atomic mass is 79.9. The van der Waals surface area contributed by atoms with Gasteiger partial charge in [0.05, 0.1) is 11.4 Å². The van der Waals surface area contributed by atoms with Crippen molar-refractivity contribution in [3.63, 3.8) is 0 Å². The number of ether oxygens (including phenoxy) is 1. The molecule has 0 bridgehead atoms. The van der Waals surface area contributed by atoms with Crippen molar-refractivity contribution in [1.29, 1.82) is 0 Å². The second-order valence-electron chi connectivity index (χ2n) is 5.68. The Morgan fingerprint density at radius 1 is 1.38 bits per heavy atom. The smallest absolute Gasteiger partial charge is 0.0590 e. The van der Waals surface area contributed by atoms with Crippen LogP contribution in [0.2, 0.25) is 0 Å². The van der Waals surface area contributed by atoms with E-state index in [0.717, 1.165) is 66.6 Å². The largest absolute Gasteiger partial charge is 0.397 e. The Morgan fingerprint density at radius 2 is 2.14 bits per heavy atom. The van der Waals surface area contributed by atoms with Crippen LogP contribution >= 0.6 is 15.9 Å². The maximum absolute atomic E-state index is 6.09. The average molecular weight is 356 g/mol. The number of hydrogen-bond acceptors (Lipinski definition) is 4. The monoisotopic (exact) mass is 355 g/mol. The molecule has 1 aromatic rings. The first-order valence-corrected chi connectivity index (χ1v) is 8.54. The van der Waals surface area contributed by atoms with E-state index in [9.17, 15) is 0 Å². The summed E-state index contributed by atoms with van der Waals surface area (Å²) in [5, 5.41) is 6.76. The van der Waals surface area contributed by atoms with E-state index < -0.39 is 0 Å². The van der Waals surface area contributed by atoms with Gasteiger partial charge >= 0.3 is 0 Å². The van der Waals surface area contributed by atoms with Gasteiger partial charge in [0.2, 0.25) is 0 Å². The molecule has 0 atom stereocenters. The van der Waals surface area contributed by atoms with Gasteiger partial charge in [-0.3, -0.25) is 0 Å². The van der Waals surface area contributed by atoms with Gasteiger partial charge < -0.3 is 21.1 Å². The summed E-state index contributed by atoms with van der Waals surface area (Å²) in [4.78, 5) is 0. The molecule has 118 valence electrons. The molecule has 1 aliphatic rings. The lowest BCUT2D eigenvalue weighted by atomic mass is 9.99. The average Bonchev–Trinajstić information content (AvgIpc) is 2.51. The van der Waals surface area contributed by atoms with Crippen molar-refractivity contribution >= 4 is 27.3 Å². The van der Waals surface area contributed by atoms with E-state index in [1.165, 1.54) is 12.8 Å². The lowest BCUT2D eigenvalue weighted by Crippen LogP contribution is -2.30. The van der Waals surface area contributed by atoms with Crippen LogP contribution in [0.4, 0.5) is 11.4 Å². The van der Waals surface area contributed by atoms with Gasteiger partial charge in [0, 0.05) is 24.2 Å². The number of rotatable bonds is 7. The lowest BCUT2D eigenvalue weighted by Gasteiger charge is -2.22. The van der Waals surface area contributed by atoms with Crippen LogP contribution in [0.5, 0.6) is 0 Å². The molecule has 0 unspecified atom stereocenters. The lowest BCUT2D eigenvalue weighted by molar-refractivity contribution is 0.0877. The Hall–Kier alpha value is -0.780. The molecule has 1 saturated heterocycles. The molecule has 0 amide bonds. The van der Waals surface area contributed by atoms with Gasteiger partial charge in [-0.1, -0.05) is 15.9 Å². The molecule has 0 aliphatic carbocycles. The third-order valence-corrected chi connectivity index (χ3v) is 4.90. The number of anilines is 2. The van der Waals surface area contributed by atoms with E-state index in [0.29, 0.717) is 0 Å². The third-order valence-electron chi connectivity index (χ3n) is 4.04. The van der Waals surface area contributed by atoms with Gasteiger partial charge in [0.25, 0.3) is 0 Å². The summed E-state index contributed by atoms with van der Waals surface area (Å²) in [5.41, 5.74) is 9.01. The molecule has 0 saturated carbocycles. The fourth-order valence-electron chi connectivity index (χ4n) is 2.55. The summed E-state index contributed by atoms with van der Waals surface area (Å²) in [6.45, 7) is 6.90. The Kier molecular flexibility index (Phi) is 6.80. The standard InChI is InChI=1S/C16H26BrN3O/c1-12-14(17)3-4-15(16(12)18)20-7-2-10-21-11-13-5-8-19-9-6-13/h3-4,13,19-20H,2,5-11,18H2,1H3. The topological polar surface area (TPSA) is 59.3 Å². The minimum atomic E-state index is 0.740. The molecule has 2 rings (SSSR count). The van der Waals surface area contributed by atoms with Crippen molar-refractivity contribution in [1.82, 2.24) is 5.32 Å². The third kappa shape index (κ3) is 5.16. The zero-order valence-electron chi connectivity index (χ0n) is 12.8. The molecule has 1 heterocycles. The van der Waals surface area contributed by atoms with Crippen molar-refractivity contribution in [2.75, 3.05) is 43.9 Å². The molecule has 0 spiro atoms. The van der Waals surface area contributed by atoms with E-state index in [1.54, 1.807) is 0 Å². The first kappa shape index (κ1) is 16.6. The molecule has 4 N–H and O–H groups in total. The normalized spacial score (nSPS) is 16.1. The molecule has 5 heteroatoms. The second kappa shape index (κ2) is 8.61. The van der Waals surface area contributed by atoms with Crippen LogP contribution in [0.3, 0.4) is 0 Å². The fourth-order valence-corrected chi connectivity index (χ4v) is 2.90. The van der Waals surface area contributed by atoms with Crippen LogP contribution in [0.15, 0.2) is 16.6 Å². The molecule has 1 fully saturated rings.